The summed E-state index contributed by atoms with van der Waals surface area (Å²) >= 11 is 3.55. The fourth-order valence-corrected chi connectivity index (χ4v) is 3.70. The van der Waals surface area contributed by atoms with Gasteiger partial charge < -0.3 is 9.64 Å². The molecule has 2 aliphatic rings. The summed E-state index contributed by atoms with van der Waals surface area (Å²) in [5.41, 5.74) is 1.28. The van der Waals surface area contributed by atoms with Crippen LogP contribution in [0.15, 0.2) is 28.7 Å². The van der Waals surface area contributed by atoms with Gasteiger partial charge >= 0.3 is 0 Å². The Balaban J connectivity index is 1.51. The number of hydrogen-bond acceptors (Lipinski definition) is 3. The Morgan fingerprint density at radius 3 is 2.67 bits per heavy atom. The first-order valence-electron chi connectivity index (χ1n) is 8.13. The highest BCUT2D eigenvalue weighted by Crippen LogP contribution is 2.24. The molecular formula is C17H25BrN2O. The number of nitrogens with zero attached hydrogens (tertiary/aromatic N) is 2. The second kappa shape index (κ2) is 7.73. The average molecular weight is 353 g/mol. The fraction of sp³-hybridized carbons (Fsp3) is 0.647. The Hall–Kier alpha value is -0.420. The third kappa shape index (κ3) is 4.52. The molecule has 1 atom stereocenters. The van der Waals surface area contributed by atoms with Crippen molar-refractivity contribution in [3.63, 3.8) is 0 Å². The van der Waals surface area contributed by atoms with Crippen LogP contribution in [0.4, 0.5) is 0 Å². The predicted octanol–water partition coefficient (Wildman–Crippen LogP) is 3.31. The van der Waals surface area contributed by atoms with Gasteiger partial charge in [0, 0.05) is 30.7 Å². The van der Waals surface area contributed by atoms with Crippen molar-refractivity contribution in [3.8, 4) is 0 Å². The quantitative estimate of drug-likeness (QED) is 0.826. The van der Waals surface area contributed by atoms with E-state index in [1.807, 2.05) is 0 Å². The van der Waals surface area contributed by atoms with Gasteiger partial charge in [0.25, 0.3) is 0 Å². The summed E-state index contributed by atoms with van der Waals surface area (Å²) in [5, 5.41) is 0. The summed E-state index contributed by atoms with van der Waals surface area (Å²) in [7, 11) is 0. The van der Waals surface area contributed by atoms with Crippen LogP contribution in [-0.4, -0.2) is 55.7 Å². The monoisotopic (exact) mass is 352 g/mol. The molecule has 1 aromatic carbocycles. The summed E-state index contributed by atoms with van der Waals surface area (Å²) in [6.45, 7) is 7.90. The molecule has 0 amide bonds. The molecule has 2 saturated heterocycles. The molecule has 2 fully saturated rings. The van der Waals surface area contributed by atoms with Crippen LogP contribution < -0.4 is 0 Å². The Morgan fingerprint density at radius 1 is 1.05 bits per heavy atom. The zero-order valence-corrected chi connectivity index (χ0v) is 14.2. The smallest absolute Gasteiger partial charge is 0.0952 e. The van der Waals surface area contributed by atoms with E-state index < -0.39 is 0 Å². The summed E-state index contributed by atoms with van der Waals surface area (Å²) in [6, 6.07) is 8.51. The standard InChI is InChI=1S/C17H25BrN2O/c18-16-6-4-5-15(13-16)17-14-20(11-12-21-17)10-9-19-7-2-1-3-8-19/h4-6,13,17H,1-3,7-12,14H2. The molecular weight excluding hydrogens is 328 g/mol. The van der Waals surface area contributed by atoms with E-state index in [0.29, 0.717) is 0 Å². The van der Waals surface area contributed by atoms with Gasteiger partial charge in [-0.1, -0.05) is 34.5 Å². The summed E-state index contributed by atoms with van der Waals surface area (Å²) in [4.78, 5) is 5.18. The van der Waals surface area contributed by atoms with Gasteiger partial charge in [-0.25, -0.2) is 0 Å². The van der Waals surface area contributed by atoms with Crippen molar-refractivity contribution >= 4 is 15.9 Å². The molecule has 0 saturated carbocycles. The Labute approximate surface area is 136 Å². The topological polar surface area (TPSA) is 15.7 Å². The first-order chi connectivity index (χ1) is 10.3. The Morgan fingerprint density at radius 2 is 1.86 bits per heavy atom. The van der Waals surface area contributed by atoms with Crippen molar-refractivity contribution in [1.29, 1.82) is 0 Å². The van der Waals surface area contributed by atoms with Crippen LogP contribution in [-0.2, 0) is 4.74 Å². The minimum Gasteiger partial charge on any atom is -0.371 e. The van der Waals surface area contributed by atoms with E-state index in [1.165, 1.54) is 51.0 Å². The maximum atomic E-state index is 5.96. The molecule has 0 radical (unpaired) electrons. The number of piperidine rings is 1. The van der Waals surface area contributed by atoms with Crippen molar-refractivity contribution in [2.75, 3.05) is 45.9 Å². The first-order valence-corrected chi connectivity index (χ1v) is 8.92. The van der Waals surface area contributed by atoms with Crippen LogP contribution in [0.1, 0.15) is 30.9 Å². The molecule has 1 aromatic rings. The minimum atomic E-state index is 0.220. The van der Waals surface area contributed by atoms with Gasteiger partial charge in [0.05, 0.1) is 12.7 Å². The molecule has 0 spiro atoms. The van der Waals surface area contributed by atoms with E-state index in [2.05, 4.69) is 50.0 Å². The highest BCUT2D eigenvalue weighted by molar-refractivity contribution is 9.10. The van der Waals surface area contributed by atoms with E-state index in [4.69, 9.17) is 4.74 Å². The van der Waals surface area contributed by atoms with Crippen molar-refractivity contribution in [2.45, 2.75) is 25.4 Å². The molecule has 0 aromatic heterocycles. The lowest BCUT2D eigenvalue weighted by atomic mass is 10.1. The minimum absolute atomic E-state index is 0.220. The SMILES string of the molecule is Brc1cccc(C2CN(CCN3CCCCC3)CCO2)c1. The average Bonchev–Trinajstić information content (AvgIpc) is 2.54. The van der Waals surface area contributed by atoms with Crippen LogP contribution in [0.25, 0.3) is 0 Å². The number of benzene rings is 1. The van der Waals surface area contributed by atoms with Crippen LogP contribution in [0, 0.1) is 0 Å². The van der Waals surface area contributed by atoms with Gasteiger partial charge in [-0.3, -0.25) is 4.90 Å². The van der Waals surface area contributed by atoms with E-state index in [1.54, 1.807) is 0 Å². The van der Waals surface area contributed by atoms with Crippen LogP contribution in [0.3, 0.4) is 0 Å². The van der Waals surface area contributed by atoms with Gasteiger partial charge in [-0.05, 0) is 43.6 Å². The van der Waals surface area contributed by atoms with Gasteiger partial charge in [0.15, 0.2) is 0 Å². The molecule has 0 N–H and O–H groups in total. The molecule has 0 aliphatic carbocycles. The van der Waals surface area contributed by atoms with Crippen molar-refractivity contribution in [1.82, 2.24) is 9.80 Å². The predicted molar refractivity (Wildman–Crippen MR) is 89.6 cm³/mol. The van der Waals surface area contributed by atoms with Crippen LogP contribution in [0.2, 0.25) is 0 Å². The second-order valence-corrected chi connectivity index (χ2v) is 7.03. The lowest BCUT2D eigenvalue weighted by molar-refractivity contribution is -0.0325. The maximum absolute atomic E-state index is 5.96. The summed E-state index contributed by atoms with van der Waals surface area (Å²) in [5.74, 6) is 0. The van der Waals surface area contributed by atoms with Crippen molar-refractivity contribution in [2.24, 2.45) is 0 Å². The Kier molecular flexibility index (Phi) is 5.69. The number of ether oxygens (including phenoxy) is 1. The van der Waals surface area contributed by atoms with Crippen molar-refractivity contribution in [3.05, 3.63) is 34.3 Å². The molecule has 2 aliphatic heterocycles. The van der Waals surface area contributed by atoms with E-state index in [0.717, 1.165) is 24.2 Å². The first kappa shape index (κ1) is 15.5. The summed E-state index contributed by atoms with van der Waals surface area (Å²) in [6.07, 6.45) is 4.39. The molecule has 4 heteroatoms. The van der Waals surface area contributed by atoms with Crippen LogP contribution >= 0.6 is 15.9 Å². The molecule has 116 valence electrons. The van der Waals surface area contributed by atoms with Crippen molar-refractivity contribution < 1.29 is 4.74 Å². The van der Waals surface area contributed by atoms with E-state index in [9.17, 15) is 0 Å². The highest BCUT2D eigenvalue weighted by Gasteiger charge is 2.22. The molecule has 21 heavy (non-hydrogen) atoms. The zero-order valence-electron chi connectivity index (χ0n) is 12.6. The van der Waals surface area contributed by atoms with Gasteiger partial charge in [0.2, 0.25) is 0 Å². The maximum Gasteiger partial charge on any atom is 0.0952 e. The largest absolute Gasteiger partial charge is 0.371 e. The van der Waals surface area contributed by atoms with Gasteiger partial charge in [-0.2, -0.15) is 0 Å². The third-order valence-electron chi connectivity index (χ3n) is 4.55. The third-order valence-corrected chi connectivity index (χ3v) is 5.05. The van der Waals surface area contributed by atoms with Gasteiger partial charge in [-0.15, -0.1) is 0 Å². The number of likely N-dealkylation sites (tertiary alicyclic amines) is 1. The second-order valence-electron chi connectivity index (χ2n) is 6.12. The molecule has 3 nitrogen and oxygen atoms in total. The Bertz CT molecular complexity index is 448. The highest BCUT2D eigenvalue weighted by atomic mass is 79.9. The van der Waals surface area contributed by atoms with E-state index >= 15 is 0 Å². The number of rotatable bonds is 4. The summed E-state index contributed by atoms with van der Waals surface area (Å²) < 4.78 is 7.10. The van der Waals surface area contributed by atoms with Gasteiger partial charge in [0.1, 0.15) is 0 Å². The lowest BCUT2D eigenvalue weighted by Gasteiger charge is -2.35. The normalized spacial score (nSPS) is 25.1. The number of morpholine rings is 1. The number of hydrogen-bond donors (Lipinski definition) is 0. The van der Waals surface area contributed by atoms with E-state index in [-0.39, 0.29) is 6.10 Å². The number of halogens is 1. The molecule has 1 unspecified atom stereocenters. The fourth-order valence-electron chi connectivity index (χ4n) is 3.28. The van der Waals surface area contributed by atoms with Crippen LogP contribution in [0.5, 0.6) is 0 Å². The lowest BCUT2D eigenvalue weighted by Crippen LogP contribution is -2.43. The molecule has 0 bridgehead atoms. The zero-order chi connectivity index (χ0) is 14.5. The molecule has 3 rings (SSSR count). The molecule has 2 heterocycles.